The highest BCUT2D eigenvalue weighted by Crippen LogP contribution is 2.45. The predicted molar refractivity (Wildman–Crippen MR) is 101 cm³/mol. The van der Waals surface area contributed by atoms with Crippen molar-refractivity contribution in [3.8, 4) is 11.5 Å². The van der Waals surface area contributed by atoms with Gasteiger partial charge >= 0.3 is 11.9 Å². The van der Waals surface area contributed by atoms with Gasteiger partial charge in [0, 0.05) is 11.8 Å². The summed E-state index contributed by atoms with van der Waals surface area (Å²) in [5.41, 5.74) is 2.58. The summed E-state index contributed by atoms with van der Waals surface area (Å²) in [5, 5.41) is 0. The quantitative estimate of drug-likeness (QED) is 0.463. The van der Waals surface area contributed by atoms with E-state index < -0.39 is 11.9 Å². The summed E-state index contributed by atoms with van der Waals surface area (Å²) in [7, 11) is 0. The molecule has 4 nitrogen and oxygen atoms in total. The minimum atomic E-state index is -0.474. The third-order valence-electron chi connectivity index (χ3n) is 5.15. The highest BCUT2D eigenvalue weighted by atomic mass is 16.5. The molecule has 136 valence electrons. The highest BCUT2D eigenvalue weighted by molar-refractivity contribution is 6.04. The molecule has 0 radical (unpaired) electrons. The van der Waals surface area contributed by atoms with Gasteiger partial charge in [-0.3, -0.25) is 0 Å². The van der Waals surface area contributed by atoms with Crippen molar-refractivity contribution >= 4 is 11.9 Å². The monoisotopic (exact) mass is 360 g/mol. The van der Waals surface area contributed by atoms with Gasteiger partial charge in [0.05, 0.1) is 11.1 Å². The minimum Gasteiger partial charge on any atom is -0.423 e. The Morgan fingerprint density at radius 3 is 1.56 bits per heavy atom. The second-order valence-electron chi connectivity index (χ2n) is 6.97. The molecular formula is C23H20O4. The Hall–Kier alpha value is -3.14. The third kappa shape index (κ3) is 3.19. The van der Waals surface area contributed by atoms with E-state index in [4.69, 9.17) is 9.47 Å². The van der Waals surface area contributed by atoms with Crippen molar-refractivity contribution in [2.75, 3.05) is 0 Å². The van der Waals surface area contributed by atoms with Crippen molar-refractivity contribution in [3.63, 3.8) is 0 Å². The van der Waals surface area contributed by atoms with Crippen LogP contribution >= 0.6 is 0 Å². The largest absolute Gasteiger partial charge is 0.423 e. The molecule has 27 heavy (non-hydrogen) atoms. The van der Waals surface area contributed by atoms with Crippen LogP contribution in [0.15, 0.2) is 71.8 Å². The molecule has 4 heteroatoms. The van der Waals surface area contributed by atoms with Gasteiger partial charge < -0.3 is 9.47 Å². The van der Waals surface area contributed by atoms with Crippen molar-refractivity contribution < 1.29 is 19.1 Å². The molecule has 0 amide bonds. The summed E-state index contributed by atoms with van der Waals surface area (Å²) in [6, 6.07) is 14.7. The topological polar surface area (TPSA) is 52.6 Å². The van der Waals surface area contributed by atoms with Gasteiger partial charge in [-0.2, -0.15) is 0 Å². The first-order chi connectivity index (χ1) is 13.0. The Labute approximate surface area is 158 Å². The first-order valence-corrected chi connectivity index (χ1v) is 9.02. The van der Waals surface area contributed by atoms with Crippen LogP contribution in [0.3, 0.4) is 0 Å². The first kappa shape index (κ1) is 17.3. The summed E-state index contributed by atoms with van der Waals surface area (Å²) in [4.78, 5) is 25.7. The average molecular weight is 360 g/mol. The molecule has 0 fully saturated rings. The summed E-state index contributed by atoms with van der Waals surface area (Å²) in [6.45, 7) is 3.76. The lowest BCUT2D eigenvalue weighted by Gasteiger charge is -2.16. The molecule has 0 aromatic heterocycles. The lowest BCUT2D eigenvalue weighted by Crippen LogP contribution is -2.22. The number of aryl methyl sites for hydroxylation is 2. The fourth-order valence-electron chi connectivity index (χ4n) is 3.70. The van der Waals surface area contributed by atoms with E-state index in [1.165, 1.54) is 0 Å². The number of rotatable bonds is 4. The second-order valence-corrected chi connectivity index (χ2v) is 6.97. The van der Waals surface area contributed by atoms with Gasteiger partial charge in [0.25, 0.3) is 0 Å². The Morgan fingerprint density at radius 1 is 0.741 bits per heavy atom. The number of hydrogen-bond donors (Lipinski definition) is 0. The Kier molecular flexibility index (Phi) is 4.40. The number of para-hydroxylation sites is 2. The molecular weight excluding hydrogens is 340 g/mol. The van der Waals surface area contributed by atoms with Gasteiger partial charge in [-0.05, 0) is 43.5 Å². The van der Waals surface area contributed by atoms with Crippen molar-refractivity contribution in [2.45, 2.75) is 20.3 Å². The molecule has 2 aromatic rings. The molecule has 2 aromatic carbocycles. The zero-order valence-electron chi connectivity index (χ0n) is 15.3. The van der Waals surface area contributed by atoms with Crippen molar-refractivity contribution in [1.29, 1.82) is 0 Å². The number of carbonyl (C=O) groups excluding carboxylic acids is 2. The maximum Gasteiger partial charge on any atom is 0.340 e. The SMILES string of the molecule is Cc1ccccc1OC(=O)C1=C(C(=O)Oc2ccccc2C)C2C=CC1C2. The van der Waals surface area contributed by atoms with Crippen LogP contribution in [0.25, 0.3) is 0 Å². The van der Waals surface area contributed by atoms with Gasteiger partial charge in [0.15, 0.2) is 0 Å². The maximum atomic E-state index is 12.9. The number of esters is 2. The molecule has 2 bridgehead atoms. The van der Waals surface area contributed by atoms with E-state index in [1.807, 2.05) is 62.4 Å². The van der Waals surface area contributed by atoms with Crippen LogP contribution in [0.4, 0.5) is 0 Å². The van der Waals surface area contributed by atoms with Gasteiger partial charge in [-0.15, -0.1) is 0 Å². The molecule has 2 unspecified atom stereocenters. The van der Waals surface area contributed by atoms with Crippen molar-refractivity contribution in [1.82, 2.24) is 0 Å². The van der Waals surface area contributed by atoms with E-state index in [0.717, 1.165) is 17.5 Å². The summed E-state index contributed by atoms with van der Waals surface area (Å²) >= 11 is 0. The van der Waals surface area contributed by atoms with E-state index in [9.17, 15) is 9.59 Å². The molecule has 0 spiro atoms. The van der Waals surface area contributed by atoms with Crippen LogP contribution in [0.2, 0.25) is 0 Å². The van der Waals surface area contributed by atoms with Crippen LogP contribution in [-0.2, 0) is 9.59 Å². The van der Waals surface area contributed by atoms with Gasteiger partial charge in [-0.25, -0.2) is 9.59 Å². The predicted octanol–water partition coefficient (Wildman–Crippen LogP) is 4.32. The average Bonchev–Trinajstić information content (AvgIpc) is 3.27. The lowest BCUT2D eigenvalue weighted by molar-refractivity contribution is -0.133. The number of allylic oxidation sites excluding steroid dienone is 2. The van der Waals surface area contributed by atoms with Crippen molar-refractivity contribution in [2.24, 2.45) is 11.8 Å². The normalized spacial score (nSPS) is 20.1. The molecule has 0 aliphatic heterocycles. The maximum absolute atomic E-state index is 12.9. The number of benzene rings is 2. The van der Waals surface area contributed by atoms with Crippen LogP contribution in [-0.4, -0.2) is 11.9 Å². The van der Waals surface area contributed by atoms with Crippen LogP contribution < -0.4 is 9.47 Å². The fourth-order valence-corrected chi connectivity index (χ4v) is 3.70. The zero-order valence-corrected chi connectivity index (χ0v) is 15.3. The number of hydrogen-bond acceptors (Lipinski definition) is 4. The number of ether oxygens (including phenoxy) is 2. The van der Waals surface area contributed by atoms with Gasteiger partial charge in [0.2, 0.25) is 0 Å². The number of carbonyl (C=O) groups is 2. The van der Waals surface area contributed by atoms with E-state index in [0.29, 0.717) is 22.6 Å². The van der Waals surface area contributed by atoms with Gasteiger partial charge in [-0.1, -0.05) is 48.6 Å². The van der Waals surface area contributed by atoms with E-state index in [1.54, 1.807) is 12.1 Å². The minimum absolute atomic E-state index is 0.0917. The molecule has 2 aliphatic rings. The molecule has 0 saturated heterocycles. The summed E-state index contributed by atoms with van der Waals surface area (Å²) in [5.74, 6) is -0.116. The smallest absolute Gasteiger partial charge is 0.340 e. The van der Waals surface area contributed by atoms with E-state index >= 15 is 0 Å². The van der Waals surface area contributed by atoms with Crippen LogP contribution in [0.5, 0.6) is 11.5 Å². The van der Waals surface area contributed by atoms with Crippen molar-refractivity contribution in [3.05, 3.63) is 83.0 Å². The lowest BCUT2D eigenvalue weighted by atomic mass is 9.97. The Bertz CT molecular complexity index is 906. The molecule has 0 N–H and O–H groups in total. The van der Waals surface area contributed by atoms with Crippen LogP contribution in [0.1, 0.15) is 17.5 Å². The molecule has 2 aliphatic carbocycles. The third-order valence-corrected chi connectivity index (χ3v) is 5.15. The van der Waals surface area contributed by atoms with E-state index in [2.05, 4.69) is 0 Å². The molecule has 2 atom stereocenters. The number of fused-ring (bicyclic) bond motifs is 2. The second kappa shape index (κ2) is 6.88. The van der Waals surface area contributed by atoms with E-state index in [-0.39, 0.29) is 11.8 Å². The van der Waals surface area contributed by atoms with Crippen LogP contribution in [0, 0.1) is 25.7 Å². The zero-order chi connectivity index (χ0) is 19.0. The Balaban J connectivity index is 1.63. The first-order valence-electron chi connectivity index (χ1n) is 9.02. The fraction of sp³-hybridized carbons (Fsp3) is 0.217. The molecule has 0 heterocycles. The molecule has 4 rings (SSSR count). The molecule has 0 saturated carbocycles. The standard InChI is InChI=1S/C23H20O4/c1-14-7-3-5-9-18(14)26-22(24)20-16-11-12-17(13-16)21(20)23(25)27-19-10-6-4-8-15(19)2/h3-12,16-17H,13H2,1-2H3. The summed E-state index contributed by atoms with van der Waals surface area (Å²) in [6.07, 6.45) is 4.67. The highest BCUT2D eigenvalue weighted by Gasteiger charge is 2.43. The summed E-state index contributed by atoms with van der Waals surface area (Å²) < 4.78 is 11.2. The van der Waals surface area contributed by atoms with Gasteiger partial charge in [0.1, 0.15) is 11.5 Å². The Morgan fingerprint density at radius 2 is 1.15 bits per heavy atom.